The van der Waals surface area contributed by atoms with Crippen LogP contribution in [0.2, 0.25) is 0 Å². The molecule has 0 bridgehead atoms. The van der Waals surface area contributed by atoms with Crippen LogP contribution in [0.1, 0.15) is 71.4 Å². The third-order valence-corrected chi connectivity index (χ3v) is 4.08. The molecule has 1 aliphatic carbocycles. The molecule has 0 atom stereocenters. The summed E-state index contributed by atoms with van der Waals surface area (Å²) < 4.78 is 2.26. The SMILES string of the molecule is CC1(c2nnc(CN)n2C(C)(C)C)CCCCC1. The van der Waals surface area contributed by atoms with E-state index in [4.69, 9.17) is 5.73 Å². The molecule has 1 fully saturated rings. The van der Waals surface area contributed by atoms with Crippen LogP contribution in [0.15, 0.2) is 0 Å². The zero-order valence-corrected chi connectivity index (χ0v) is 12.2. The molecule has 1 saturated carbocycles. The van der Waals surface area contributed by atoms with Crippen molar-refractivity contribution in [3.05, 3.63) is 11.6 Å². The summed E-state index contributed by atoms with van der Waals surface area (Å²) in [5.74, 6) is 2.04. The Hall–Kier alpha value is -0.900. The van der Waals surface area contributed by atoms with Gasteiger partial charge in [0.25, 0.3) is 0 Å². The Balaban J connectivity index is 2.47. The molecule has 0 spiro atoms. The van der Waals surface area contributed by atoms with Gasteiger partial charge in [0.15, 0.2) is 0 Å². The fourth-order valence-electron chi connectivity index (χ4n) is 3.10. The largest absolute Gasteiger partial charge is 0.324 e. The zero-order chi connectivity index (χ0) is 13.4. The van der Waals surface area contributed by atoms with E-state index < -0.39 is 0 Å². The van der Waals surface area contributed by atoms with Crippen molar-refractivity contribution >= 4 is 0 Å². The molecule has 4 nitrogen and oxygen atoms in total. The third-order valence-electron chi connectivity index (χ3n) is 4.08. The number of nitrogens with two attached hydrogens (primary N) is 1. The summed E-state index contributed by atoms with van der Waals surface area (Å²) in [6, 6.07) is 0. The second-order valence-corrected chi connectivity index (χ2v) is 6.77. The number of nitrogens with zero attached hydrogens (tertiary/aromatic N) is 3. The van der Waals surface area contributed by atoms with Gasteiger partial charge in [-0.25, -0.2) is 0 Å². The minimum absolute atomic E-state index is 0.00596. The first-order chi connectivity index (χ1) is 8.38. The first-order valence-corrected chi connectivity index (χ1v) is 7.04. The lowest BCUT2D eigenvalue weighted by molar-refractivity contribution is 0.265. The van der Waals surface area contributed by atoms with Gasteiger partial charge < -0.3 is 10.3 Å². The molecule has 102 valence electrons. The maximum absolute atomic E-state index is 5.81. The maximum Gasteiger partial charge on any atom is 0.147 e. The van der Waals surface area contributed by atoms with Crippen molar-refractivity contribution < 1.29 is 0 Å². The van der Waals surface area contributed by atoms with Gasteiger partial charge in [-0.1, -0.05) is 26.2 Å². The van der Waals surface area contributed by atoms with Crippen molar-refractivity contribution in [2.45, 2.75) is 77.3 Å². The van der Waals surface area contributed by atoms with Crippen LogP contribution in [-0.4, -0.2) is 14.8 Å². The van der Waals surface area contributed by atoms with Crippen molar-refractivity contribution in [3.8, 4) is 0 Å². The Labute approximate surface area is 110 Å². The van der Waals surface area contributed by atoms with Gasteiger partial charge in [-0.3, -0.25) is 0 Å². The van der Waals surface area contributed by atoms with Crippen molar-refractivity contribution in [1.29, 1.82) is 0 Å². The molecule has 0 radical (unpaired) electrons. The Bertz CT molecular complexity index is 408. The van der Waals surface area contributed by atoms with Crippen LogP contribution in [0, 0.1) is 0 Å². The average Bonchev–Trinajstić information content (AvgIpc) is 2.74. The lowest BCUT2D eigenvalue weighted by atomic mass is 9.74. The van der Waals surface area contributed by atoms with Crippen LogP contribution in [0.4, 0.5) is 0 Å². The highest BCUT2D eigenvalue weighted by molar-refractivity contribution is 5.13. The summed E-state index contributed by atoms with van der Waals surface area (Å²) in [6.07, 6.45) is 6.37. The van der Waals surface area contributed by atoms with Gasteiger partial charge in [0.05, 0.1) is 6.54 Å². The number of hydrogen-bond acceptors (Lipinski definition) is 3. The fraction of sp³-hybridized carbons (Fsp3) is 0.857. The summed E-state index contributed by atoms with van der Waals surface area (Å²) in [5.41, 5.74) is 5.98. The summed E-state index contributed by atoms with van der Waals surface area (Å²) in [5, 5.41) is 8.79. The van der Waals surface area contributed by atoms with Crippen molar-refractivity contribution in [2.24, 2.45) is 5.73 Å². The van der Waals surface area contributed by atoms with E-state index in [1.54, 1.807) is 0 Å². The van der Waals surface area contributed by atoms with E-state index in [9.17, 15) is 0 Å². The molecule has 0 amide bonds. The van der Waals surface area contributed by atoms with Gasteiger partial charge in [0.1, 0.15) is 11.6 Å². The van der Waals surface area contributed by atoms with E-state index >= 15 is 0 Å². The minimum atomic E-state index is -0.00596. The molecule has 0 aromatic carbocycles. The van der Waals surface area contributed by atoms with E-state index in [0.717, 1.165) is 11.6 Å². The van der Waals surface area contributed by atoms with Crippen LogP contribution < -0.4 is 5.73 Å². The van der Waals surface area contributed by atoms with Gasteiger partial charge in [0.2, 0.25) is 0 Å². The Morgan fingerprint density at radius 1 is 1.17 bits per heavy atom. The molecule has 1 heterocycles. The van der Waals surface area contributed by atoms with Crippen LogP contribution in [-0.2, 0) is 17.5 Å². The van der Waals surface area contributed by atoms with E-state index in [-0.39, 0.29) is 11.0 Å². The second-order valence-electron chi connectivity index (χ2n) is 6.77. The highest BCUT2D eigenvalue weighted by atomic mass is 15.3. The Morgan fingerprint density at radius 3 is 2.28 bits per heavy atom. The molecule has 0 aliphatic heterocycles. The standard InChI is InChI=1S/C14H26N4/c1-13(2,3)18-11(10-15)16-17-12(18)14(4)8-6-5-7-9-14/h5-10,15H2,1-4H3. The van der Waals surface area contributed by atoms with Crippen LogP contribution in [0.3, 0.4) is 0 Å². The van der Waals surface area contributed by atoms with Crippen LogP contribution >= 0.6 is 0 Å². The van der Waals surface area contributed by atoms with Crippen molar-refractivity contribution in [3.63, 3.8) is 0 Å². The molecule has 1 aromatic rings. The summed E-state index contributed by atoms with van der Waals surface area (Å²) in [7, 11) is 0. The first-order valence-electron chi connectivity index (χ1n) is 7.04. The van der Waals surface area contributed by atoms with E-state index in [1.807, 2.05) is 0 Å². The predicted octanol–water partition coefficient (Wildman–Crippen LogP) is 2.71. The molecule has 0 unspecified atom stereocenters. The fourth-order valence-corrected chi connectivity index (χ4v) is 3.10. The minimum Gasteiger partial charge on any atom is -0.324 e. The van der Waals surface area contributed by atoms with Gasteiger partial charge in [-0.2, -0.15) is 0 Å². The third kappa shape index (κ3) is 2.30. The highest BCUT2D eigenvalue weighted by Gasteiger charge is 2.36. The zero-order valence-electron chi connectivity index (χ0n) is 12.2. The molecule has 4 heteroatoms. The van der Waals surface area contributed by atoms with Crippen LogP contribution in [0.25, 0.3) is 0 Å². The van der Waals surface area contributed by atoms with E-state index in [0.29, 0.717) is 6.54 Å². The highest BCUT2D eigenvalue weighted by Crippen LogP contribution is 2.39. The Kier molecular flexibility index (Phi) is 3.49. The van der Waals surface area contributed by atoms with E-state index in [2.05, 4.69) is 42.5 Å². The Morgan fingerprint density at radius 2 is 1.78 bits per heavy atom. The molecule has 2 N–H and O–H groups in total. The summed E-state index contributed by atoms with van der Waals surface area (Å²) >= 11 is 0. The second kappa shape index (κ2) is 4.65. The van der Waals surface area contributed by atoms with Gasteiger partial charge in [-0.05, 0) is 33.6 Å². The molecular weight excluding hydrogens is 224 g/mol. The summed E-state index contributed by atoms with van der Waals surface area (Å²) in [6.45, 7) is 9.39. The smallest absolute Gasteiger partial charge is 0.147 e. The van der Waals surface area contributed by atoms with Gasteiger partial charge in [0, 0.05) is 11.0 Å². The molecular formula is C14H26N4. The topological polar surface area (TPSA) is 56.7 Å². The number of aromatic nitrogens is 3. The quantitative estimate of drug-likeness (QED) is 0.878. The van der Waals surface area contributed by atoms with E-state index in [1.165, 1.54) is 32.1 Å². The molecule has 1 aliphatic rings. The van der Waals surface area contributed by atoms with Crippen molar-refractivity contribution in [2.75, 3.05) is 0 Å². The lowest BCUT2D eigenvalue weighted by Crippen LogP contribution is -2.35. The number of hydrogen-bond donors (Lipinski definition) is 1. The number of rotatable bonds is 2. The predicted molar refractivity (Wildman–Crippen MR) is 73.3 cm³/mol. The normalized spacial score (nSPS) is 20.1. The summed E-state index contributed by atoms with van der Waals surface area (Å²) in [4.78, 5) is 0. The van der Waals surface area contributed by atoms with Crippen LogP contribution in [0.5, 0.6) is 0 Å². The monoisotopic (exact) mass is 250 g/mol. The first kappa shape index (κ1) is 13.5. The van der Waals surface area contributed by atoms with Gasteiger partial charge in [-0.15, -0.1) is 10.2 Å². The molecule has 0 saturated heterocycles. The maximum atomic E-state index is 5.81. The van der Waals surface area contributed by atoms with Gasteiger partial charge >= 0.3 is 0 Å². The molecule has 18 heavy (non-hydrogen) atoms. The molecule has 2 rings (SSSR count). The molecule has 1 aromatic heterocycles. The van der Waals surface area contributed by atoms with Crippen molar-refractivity contribution in [1.82, 2.24) is 14.8 Å². The lowest BCUT2D eigenvalue weighted by Gasteiger charge is -2.36. The average molecular weight is 250 g/mol.